The molecule has 56 heavy (non-hydrogen) atoms. The summed E-state index contributed by atoms with van der Waals surface area (Å²) in [5, 5.41) is 25.9. The number of carbonyl (C=O) groups is 3. The van der Waals surface area contributed by atoms with Crippen molar-refractivity contribution >= 4 is 69.1 Å². The van der Waals surface area contributed by atoms with Gasteiger partial charge in [-0.05, 0) is 6.08 Å². The lowest BCUT2D eigenvalue weighted by molar-refractivity contribution is -0.137. The number of hydrogen-bond acceptors (Lipinski definition) is 18. The van der Waals surface area contributed by atoms with Gasteiger partial charge in [-0.2, -0.15) is 4.31 Å². The summed E-state index contributed by atoms with van der Waals surface area (Å²) in [5.74, 6) is -1.18. The number of anilines is 1. The number of allylic oxidation sites excluding steroid dienone is 2. The number of phosphoric ester groups is 3. The molecule has 0 bridgehead atoms. The van der Waals surface area contributed by atoms with Crippen molar-refractivity contribution in [1.82, 2.24) is 30.2 Å². The Morgan fingerprint density at radius 2 is 1.70 bits per heavy atom. The van der Waals surface area contributed by atoms with Crippen LogP contribution in [0.2, 0.25) is 0 Å². The van der Waals surface area contributed by atoms with Crippen molar-refractivity contribution < 1.29 is 80.5 Å². The second-order valence-corrected chi connectivity index (χ2v) is 17.2. The van der Waals surface area contributed by atoms with E-state index in [-0.39, 0.29) is 41.6 Å². The van der Waals surface area contributed by atoms with E-state index in [4.69, 9.17) is 19.5 Å². The molecule has 1 saturated heterocycles. The Kier molecular flexibility index (Phi) is 18.8. The van der Waals surface area contributed by atoms with Crippen LogP contribution >= 0.6 is 35.2 Å². The molecule has 3 heterocycles. The Morgan fingerprint density at radius 3 is 2.30 bits per heavy atom. The molecule has 1 aliphatic rings. The fourth-order valence-corrected chi connectivity index (χ4v) is 7.69. The number of aliphatic hydroxyl groups excluding tert-OH is 2. The van der Waals surface area contributed by atoms with E-state index in [1.54, 1.807) is 12.2 Å². The van der Waals surface area contributed by atoms with Crippen molar-refractivity contribution in [1.29, 1.82) is 0 Å². The maximum atomic E-state index is 12.6. The van der Waals surface area contributed by atoms with Gasteiger partial charge in [0.25, 0.3) is 0 Å². The van der Waals surface area contributed by atoms with Crippen molar-refractivity contribution in [2.45, 2.75) is 50.9 Å². The lowest BCUT2D eigenvalue weighted by Gasteiger charge is -2.30. The zero-order valence-corrected chi connectivity index (χ0v) is 33.4. The molecular weight excluding hydrogens is 831 g/mol. The van der Waals surface area contributed by atoms with Crippen LogP contribution < -0.4 is 16.4 Å². The van der Waals surface area contributed by atoms with E-state index in [2.05, 4.69) is 54.2 Å². The third kappa shape index (κ3) is 15.6. The molecule has 24 nitrogen and oxygen atoms in total. The van der Waals surface area contributed by atoms with Crippen molar-refractivity contribution in [3.05, 3.63) is 50.6 Å². The fourth-order valence-electron chi connectivity index (χ4n) is 4.34. The summed E-state index contributed by atoms with van der Waals surface area (Å²) in [7, 11) is -16.4. The summed E-state index contributed by atoms with van der Waals surface area (Å²) in [6, 6.07) is 0. The first-order valence-corrected chi connectivity index (χ1v) is 21.4. The third-order valence-electron chi connectivity index (χ3n) is 7.08. The van der Waals surface area contributed by atoms with Crippen LogP contribution in [-0.2, 0) is 50.7 Å². The van der Waals surface area contributed by atoms with Crippen LogP contribution in [0, 0.1) is 5.41 Å². The second-order valence-electron chi connectivity index (χ2n) is 11.9. The Morgan fingerprint density at radius 1 is 1.05 bits per heavy atom. The average Bonchev–Trinajstić information content (AvgIpc) is 3.68. The number of hydrogen-bond donors (Lipinski definition) is 9. The molecule has 1 aliphatic heterocycles. The Bertz CT molecular complexity index is 1860. The predicted octanol–water partition coefficient (Wildman–Crippen LogP) is 0.209. The Labute approximate surface area is 324 Å². The van der Waals surface area contributed by atoms with Crippen LogP contribution in [0.25, 0.3) is 11.2 Å². The summed E-state index contributed by atoms with van der Waals surface area (Å²) in [6.07, 6.45) is -2.51. The predicted molar refractivity (Wildman–Crippen MR) is 198 cm³/mol. The van der Waals surface area contributed by atoms with Crippen LogP contribution in [0.5, 0.6) is 0 Å². The van der Waals surface area contributed by atoms with Gasteiger partial charge in [0.1, 0.15) is 36.3 Å². The molecule has 0 radical (unpaired) electrons. The first kappa shape index (κ1) is 48.9. The number of phosphoric acid groups is 3. The van der Waals surface area contributed by atoms with Crippen LogP contribution in [0.1, 0.15) is 26.5 Å². The van der Waals surface area contributed by atoms with Crippen molar-refractivity contribution in [2.75, 3.05) is 37.8 Å². The molecule has 10 N–H and O–H groups in total. The van der Waals surface area contributed by atoms with E-state index in [0.29, 0.717) is 5.75 Å². The third-order valence-corrected chi connectivity index (χ3v) is 11.0. The summed E-state index contributed by atoms with van der Waals surface area (Å²) in [5.41, 5.74) is 4.25. The second kappa shape index (κ2) is 21.5. The molecule has 0 aliphatic carbocycles. The maximum absolute atomic E-state index is 12.6. The number of imidazole rings is 1. The molecule has 7 atom stereocenters. The van der Waals surface area contributed by atoms with E-state index in [1.165, 1.54) is 13.8 Å². The minimum Gasteiger partial charge on any atom is -0.386 e. The molecule has 3 rings (SSSR count). The molecule has 28 heteroatoms. The lowest BCUT2D eigenvalue weighted by Crippen LogP contribution is -2.46. The van der Waals surface area contributed by atoms with Gasteiger partial charge in [0, 0.05) is 30.7 Å². The van der Waals surface area contributed by atoms with Crippen molar-refractivity contribution in [3.63, 3.8) is 0 Å². The summed E-state index contributed by atoms with van der Waals surface area (Å²) < 4.78 is 61.9. The van der Waals surface area contributed by atoms with Crippen molar-refractivity contribution in [2.24, 2.45) is 5.41 Å². The highest BCUT2D eigenvalue weighted by Crippen LogP contribution is 2.61. The number of nitrogen functional groups attached to an aromatic ring is 1. The minimum absolute atomic E-state index is 0.0290. The van der Waals surface area contributed by atoms with Gasteiger partial charge in [0.2, 0.25) is 16.9 Å². The first-order chi connectivity index (χ1) is 26.0. The van der Waals surface area contributed by atoms with E-state index in [1.807, 2.05) is 0 Å². The largest absolute Gasteiger partial charge is 0.481 e. The number of aliphatic hydroxyl groups is 2. The highest BCUT2D eigenvalue weighted by Gasteiger charge is 2.50. The number of carbonyl (C=O) groups excluding carboxylic acids is 3. The highest BCUT2D eigenvalue weighted by atomic mass is 32.2. The van der Waals surface area contributed by atoms with Gasteiger partial charge in [-0.25, -0.2) is 28.6 Å². The molecule has 1 fully saturated rings. The Hall–Kier alpha value is -3.22. The van der Waals surface area contributed by atoms with Crippen molar-refractivity contribution in [3.8, 4) is 0 Å². The van der Waals surface area contributed by atoms with E-state index in [0.717, 1.165) is 35.1 Å². The molecule has 2 aromatic rings. The Balaban J connectivity index is 0.00000258. The quantitative estimate of drug-likeness (QED) is 0.0350. The molecule has 2 aromatic heterocycles. The SMILES string of the molecule is C=CC(=O)SCCNC(=O)CCNC(=O)[C@H](O)C(C)(C)COP(=O)(O)OP(=O)(O)OC[C@H]1O[C@@H](n2cnc3c(N)ncnc32)[C@H](O)[C@@H]1OP(=O)(O)O.C=CC=C. The number of aromatic nitrogens is 4. The standard InChI is InChI=1S/C24H38N7O17P3S.C4H6/c1-4-15(33)52-8-7-26-14(32)5-6-27-22(36)19(35)24(2,3)10-45-51(42,43)48-50(40,41)44-9-13-18(47-49(37,38)39)17(34)23(46-13)31-12-30-16-20(25)28-11-29-21(16)31;1-3-4-2/h4,11-13,17-19,23,34-35H,1,5-10H2,2-3H3,(H,26,32)(H,27,36)(H,40,41)(H,42,43)(H2,25,28,29)(H2,37,38,39);3-4H,1-2H2/t13-,17-,18-,19+,23-;/m1./s1. The van der Waals surface area contributed by atoms with E-state index in [9.17, 15) is 57.9 Å². The number of fused-ring (bicyclic) bond motifs is 1. The van der Waals surface area contributed by atoms with Crippen LogP contribution in [0.4, 0.5) is 5.82 Å². The zero-order valence-electron chi connectivity index (χ0n) is 29.9. The van der Waals surface area contributed by atoms with E-state index < -0.39 is 84.6 Å². The monoisotopic (exact) mass is 875 g/mol. The first-order valence-electron chi connectivity index (χ1n) is 15.9. The summed E-state index contributed by atoms with van der Waals surface area (Å²) in [4.78, 5) is 86.3. The molecule has 0 saturated carbocycles. The number of nitrogens with one attached hydrogen (secondary N) is 2. The summed E-state index contributed by atoms with van der Waals surface area (Å²) in [6.45, 7) is 10.5. The van der Waals surface area contributed by atoms with Crippen LogP contribution in [0.3, 0.4) is 0 Å². The average molecular weight is 876 g/mol. The maximum Gasteiger partial charge on any atom is 0.481 e. The molecule has 2 unspecified atom stereocenters. The molecular formula is C28H44N7O17P3S. The highest BCUT2D eigenvalue weighted by molar-refractivity contribution is 8.14. The van der Waals surface area contributed by atoms with Crippen LogP contribution in [0.15, 0.2) is 50.6 Å². The molecule has 2 amide bonds. The zero-order chi connectivity index (χ0) is 42.5. The number of rotatable bonds is 21. The number of amides is 2. The van der Waals surface area contributed by atoms with Gasteiger partial charge in [-0.15, -0.1) is 0 Å². The number of thioether (sulfide) groups is 1. The van der Waals surface area contributed by atoms with Gasteiger partial charge in [0.05, 0.1) is 19.5 Å². The topological polar surface area (TPSA) is 364 Å². The van der Waals surface area contributed by atoms with E-state index >= 15 is 0 Å². The van der Waals surface area contributed by atoms with Gasteiger partial charge in [-0.3, -0.25) is 32.5 Å². The fraction of sp³-hybridized carbons (Fsp3) is 0.500. The smallest absolute Gasteiger partial charge is 0.386 e. The van der Waals surface area contributed by atoms with Gasteiger partial charge in [0.15, 0.2) is 17.7 Å². The molecule has 0 spiro atoms. The van der Waals surface area contributed by atoms with Gasteiger partial charge >= 0.3 is 23.5 Å². The molecule has 0 aromatic carbocycles. The normalized spacial score (nSPS) is 21.1. The molecule has 314 valence electrons. The summed E-state index contributed by atoms with van der Waals surface area (Å²) >= 11 is 0.952. The lowest BCUT2D eigenvalue weighted by atomic mass is 9.87. The minimum atomic E-state index is -5.56. The number of ether oxygens (including phenoxy) is 1. The van der Waals surface area contributed by atoms with Gasteiger partial charge < -0.3 is 50.9 Å². The number of nitrogens with zero attached hydrogens (tertiary/aromatic N) is 4. The van der Waals surface area contributed by atoms with Gasteiger partial charge in [-0.1, -0.05) is 57.5 Å². The van der Waals surface area contributed by atoms with Crippen LogP contribution in [-0.4, -0.2) is 123 Å². The number of nitrogens with two attached hydrogens (primary N) is 1.